The highest BCUT2D eigenvalue weighted by Crippen LogP contribution is 2.25. The average molecular weight is 268 g/mol. The van der Waals surface area contributed by atoms with E-state index in [1.165, 1.54) is 18.2 Å². The Morgan fingerprint density at radius 3 is 2.89 bits per heavy atom. The summed E-state index contributed by atoms with van der Waals surface area (Å²) in [6, 6.07) is 4.38. The van der Waals surface area contributed by atoms with E-state index in [9.17, 15) is 9.18 Å². The number of halogens is 1. The van der Waals surface area contributed by atoms with Crippen LogP contribution < -0.4 is 4.74 Å². The highest BCUT2D eigenvalue weighted by atomic mass is 19.1. The van der Waals surface area contributed by atoms with Crippen LogP contribution in [0.1, 0.15) is 18.9 Å². The van der Waals surface area contributed by atoms with E-state index >= 15 is 0 Å². The van der Waals surface area contributed by atoms with Gasteiger partial charge < -0.3 is 14.6 Å². The number of aliphatic carboxylic acids is 1. The highest BCUT2D eigenvalue weighted by molar-refractivity contribution is 5.85. The van der Waals surface area contributed by atoms with Crippen molar-refractivity contribution in [2.75, 3.05) is 13.7 Å². The largest absolute Gasteiger partial charge is 0.487 e. The maximum Gasteiger partial charge on any atom is 0.328 e. The molecule has 0 amide bonds. The van der Waals surface area contributed by atoms with Crippen molar-refractivity contribution in [3.63, 3.8) is 0 Å². The minimum absolute atomic E-state index is 0.0589. The van der Waals surface area contributed by atoms with Crippen molar-refractivity contribution in [3.8, 4) is 5.75 Å². The van der Waals surface area contributed by atoms with Crippen LogP contribution in [0, 0.1) is 5.82 Å². The van der Waals surface area contributed by atoms with Crippen molar-refractivity contribution >= 4 is 12.0 Å². The number of rotatable bonds is 7. The van der Waals surface area contributed by atoms with E-state index in [2.05, 4.69) is 0 Å². The molecule has 0 bridgehead atoms. The number of carboxylic acids is 1. The monoisotopic (exact) mass is 268 g/mol. The minimum atomic E-state index is -1.09. The maximum atomic E-state index is 13.7. The zero-order valence-electron chi connectivity index (χ0n) is 10.9. The first kappa shape index (κ1) is 15.2. The van der Waals surface area contributed by atoms with E-state index < -0.39 is 11.8 Å². The Morgan fingerprint density at radius 1 is 1.53 bits per heavy atom. The molecule has 1 aromatic rings. The first-order valence-electron chi connectivity index (χ1n) is 5.89. The van der Waals surface area contributed by atoms with Gasteiger partial charge in [0.2, 0.25) is 0 Å². The molecule has 1 N–H and O–H groups in total. The Balaban J connectivity index is 2.88. The number of carbonyl (C=O) groups is 1. The molecule has 1 aromatic carbocycles. The zero-order valence-corrected chi connectivity index (χ0v) is 10.9. The molecular weight excluding hydrogens is 251 g/mol. The summed E-state index contributed by atoms with van der Waals surface area (Å²) in [6.45, 7) is 2.31. The smallest absolute Gasteiger partial charge is 0.328 e. The van der Waals surface area contributed by atoms with E-state index in [1.807, 2.05) is 0 Å². The lowest BCUT2D eigenvalue weighted by Crippen LogP contribution is -2.15. The predicted octanol–water partition coefficient (Wildman–Crippen LogP) is 2.73. The SMILES string of the molecule is COCCC(C)Oc1c(F)cccc1/C=C/C(=O)O. The lowest BCUT2D eigenvalue weighted by Gasteiger charge is -2.16. The molecule has 104 valence electrons. The molecule has 1 rings (SSSR count). The Labute approximate surface area is 111 Å². The Morgan fingerprint density at radius 2 is 2.26 bits per heavy atom. The number of benzene rings is 1. The molecule has 0 aromatic heterocycles. The van der Waals surface area contributed by atoms with Crippen LogP contribution in [0.25, 0.3) is 6.08 Å². The maximum absolute atomic E-state index is 13.7. The molecule has 0 radical (unpaired) electrons. The number of hydrogen-bond donors (Lipinski definition) is 1. The second kappa shape index (κ2) is 7.53. The van der Waals surface area contributed by atoms with Gasteiger partial charge in [0.15, 0.2) is 11.6 Å². The molecule has 0 fully saturated rings. The molecule has 4 nitrogen and oxygen atoms in total. The molecule has 0 aliphatic heterocycles. The Bertz CT molecular complexity index is 457. The van der Waals surface area contributed by atoms with Gasteiger partial charge in [-0.05, 0) is 19.1 Å². The molecular formula is C14H17FO4. The van der Waals surface area contributed by atoms with Gasteiger partial charge in [0.25, 0.3) is 0 Å². The normalized spacial score (nSPS) is 12.6. The lowest BCUT2D eigenvalue weighted by atomic mass is 10.1. The fourth-order valence-electron chi connectivity index (χ4n) is 1.49. The number of carboxylic acid groups (broad SMARTS) is 1. The van der Waals surface area contributed by atoms with Crippen LogP contribution in [-0.2, 0) is 9.53 Å². The summed E-state index contributed by atoms with van der Waals surface area (Å²) in [5.74, 6) is -1.55. The predicted molar refractivity (Wildman–Crippen MR) is 69.7 cm³/mol. The summed E-state index contributed by atoms with van der Waals surface area (Å²) in [7, 11) is 1.58. The second-order valence-electron chi connectivity index (χ2n) is 4.04. The molecule has 0 aliphatic rings. The van der Waals surface area contributed by atoms with E-state index in [4.69, 9.17) is 14.6 Å². The number of methoxy groups -OCH3 is 1. The molecule has 0 saturated carbocycles. The Kier molecular flexibility index (Phi) is 6.02. The molecule has 0 spiro atoms. The van der Waals surface area contributed by atoms with Crippen LogP contribution in [0.15, 0.2) is 24.3 Å². The van der Waals surface area contributed by atoms with E-state index in [0.29, 0.717) is 18.6 Å². The third kappa shape index (κ3) is 5.09. The van der Waals surface area contributed by atoms with Crippen molar-refractivity contribution in [1.29, 1.82) is 0 Å². The Hall–Kier alpha value is -1.88. The van der Waals surface area contributed by atoms with Gasteiger partial charge in [-0.3, -0.25) is 0 Å². The third-order valence-corrected chi connectivity index (χ3v) is 2.45. The van der Waals surface area contributed by atoms with Gasteiger partial charge in [0.05, 0.1) is 6.10 Å². The van der Waals surface area contributed by atoms with Crippen molar-refractivity contribution < 1.29 is 23.8 Å². The van der Waals surface area contributed by atoms with Crippen molar-refractivity contribution in [3.05, 3.63) is 35.7 Å². The van der Waals surface area contributed by atoms with E-state index in [0.717, 1.165) is 6.08 Å². The van der Waals surface area contributed by atoms with Crippen LogP contribution in [0.3, 0.4) is 0 Å². The van der Waals surface area contributed by atoms with Crippen LogP contribution in [-0.4, -0.2) is 30.9 Å². The summed E-state index contributed by atoms with van der Waals surface area (Å²) < 4.78 is 24.2. The molecule has 0 aliphatic carbocycles. The summed E-state index contributed by atoms with van der Waals surface area (Å²) in [4.78, 5) is 10.5. The summed E-state index contributed by atoms with van der Waals surface area (Å²) in [5, 5.41) is 8.60. The molecule has 0 heterocycles. The number of para-hydroxylation sites is 1. The van der Waals surface area contributed by atoms with E-state index in [-0.39, 0.29) is 11.9 Å². The summed E-state index contributed by atoms with van der Waals surface area (Å²) in [6.07, 6.45) is 2.65. The van der Waals surface area contributed by atoms with Crippen molar-refractivity contribution in [2.24, 2.45) is 0 Å². The zero-order chi connectivity index (χ0) is 14.3. The molecule has 1 atom stereocenters. The van der Waals surface area contributed by atoms with Crippen LogP contribution in [0.2, 0.25) is 0 Å². The standard InChI is InChI=1S/C14H17FO4/c1-10(8-9-18-2)19-14-11(6-7-13(16)17)4-3-5-12(14)15/h3-7,10H,8-9H2,1-2H3,(H,16,17)/b7-6+. The number of ether oxygens (including phenoxy) is 2. The first-order chi connectivity index (χ1) is 9.04. The second-order valence-corrected chi connectivity index (χ2v) is 4.04. The van der Waals surface area contributed by atoms with Crippen molar-refractivity contribution in [2.45, 2.75) is 19.4 Å². The first-order valence-corrected chi connectivity index (χ1v) is 5.89. The lowest BCUT2D eigenvalue weighted by molar-refractivity contribution is -0.131. The van der Waals surface area contributed by atoms with Crippen LogP contribution in [0.5, 0.6) is 5.75 Å². The summed E-state index contributed by atoms with van der Waals surface area (Å²) >= 11 is 0. The number of hydrogen-bond acceptors (Lipinski definition) is 3. The molecule has 1 unspecified atom stereocenters. The molecule has 5 heteroatoms. The average Bonchev–Trinajstić information content (AvgIpc) is 2.37. The van der Waals surface area contributed by atoms with Gasteiger partial charge in [-0.2, -0.15) is 0 Å². The molecule has 19 heavy (non-hydrogen) atoms. The third-order valence-electron chi connectivity index (χ3n) is 2.45. The highest BCUT2D eigenvalue weighted by Gasteiger charge is 2.12. The minimum Gasteiger partial charge on any atom is -0.487 e. The van der Waals surface area contributed by atoms with Crippen LogP contribution >= 0.6 is 0 Å². The van der Waals surface area contributed by atoms with Gasteiger partial charge in [0, 0.05) is 31.8 Å². The fourth-order valence-corrected chi connectivity index (χ4v) is 1.49. The van der Waals surface area contributed by atoms with Crippen molar-refractivity contribution in [1.82, 2.24) is 0 Å². The fraction of sp³-hybridized carbons (Fsp3) is 0.357. The topological polar surface area (TPSA) is 55.8 Å². The van der Waals surface area contributed by atoms with Gasteiger partial charge in [-0.1, -0.05) is 12.1 Å². The van der Waals surface area contributed by atoms with Gasteiger partial charge >= 0.3 is 5.97 Å². The van der Waals surface area contributed by atoms with Gasteiger partial charge in [0.1, 0.15) is 0 Å². The van der Waals surface area contributed by atoms with E-state index in [1.54, 1.807) is 20.1 Å². The molecule has 0 saturated heterocycles. The van der Waals surface area contributed by atoms with Gasteiger partial charge in [-0.15, -0.1) is 0 Å². The quantitative estimate of drug-likeness (QED) is 0.772. The van der Waals surface area contributed by atoms with Crippen LogP contribution in [0.4, 0.5) is 4.39 Å². The summed E-state index contributed by atoms with van der Waals surface area (Å²) in [5.41, 5.74) is 0.395. The van der Waals surface area contributed by atoms with Gasteiger partial charge in [-0.25, -0.2) is 9.18 Å².